The van der Waals surface area contributed by atoms with Crippen molar-refractivity contribution in [2.75, 3.05) is 0 Å². The second-order valence-corrected chi connectivity index (χ2v) is 3.08. The van der Waals surface area contributed by atoms with Gasteiger partial charge in [-0.25, -0.2) is 0 Å². The summed E-state index contributed by atoms with van der Waals surface area (Å²) in [5, 5.41) is 0. The standard InChI is InChI=1S/C9H15NO2/c1-6(5-8(3)11)4-7(2)9(10)12/h4,7H,5H2,1-3H3,(H2,10,12)/b6-4+. The number of rotatable bonds is 4. The Kier molecular flexibility index (Phi) is 4.26. The van der Waals surface area contributed by atoms with Gasteiger partial charge in [0, 0.05) is 6.42 Å². The number of hydrogen-bond acceptors (Lipinski definition) is 2. The molecule has 0 aromatic rings. The van der Waals surface area contributed by atoms with Crippen LogP contribution >= 0.6 is 0 Å². The van der Waals surface area contributed by atoms with Crippen LogP contribution in [-0.2, 0) is 9.59 Å². The molecule has 0 saturated carbocycles. The number of carbonyl (C=O) groups excluding carboxylic acids is 2. The van der Waals surface area contributed by atoms with Gasteiger partial charge in [-0.1, -0.05) is 18.6 Å². The SMILES string of the molecule is CC(=O)C/C(C)=C/C(C)C(N)=O. The summed E-state index contributed by atoms with van der Waals surface area (Å²) in [7, 11) is 0. The molecule has 0 radical (unpaired) electrons. The van der Waals surface area contributed by atoms with E-state index in [2.05, 4.69) is 0 Å². The van der Waals surface area contributed by atoms with Gasteiger partial charge in [0.05, 0.1) is 5.92 Å². The highest BCUT2D eigenvalue weighted by Crippen LogP contribution is 2.06. The molecule has 12 heavy (non-hydrogen) atoms. The Labute approximate surface area is 72.6 Å². The quantitative estimate of drug-likeness (QED) is 0.639. The Bertz CT molecular complexity index is 219. The van der Waals surface area contributed by atoms with E-state index in [1.165, 1.54) is 6.92 Å². The average molecular weight is 169 g/mol. The van der Waals surface area contributed by atoms with Gasteiger partial charge in [-0.05, 0) is 13.8 Å². The van der Waals surface area contributed by atoms with Gasteiger partial charge >= 0.3 is 0 Å². The fourth-order valence-electron chi connectivity index (χ4n) is 0.961. The molecular formula is C9H15NO2. The number of primary amides is 1. The third kappa shape index (κ3) is 4.66. The molecule has 0 aliphatic heterocycles. The fraction of sp³-hybridized carbons (Fsp3) is 0.556. The number of allylic oxidation sites excluding steroid dienone is 1. The van der Waals surface area contributed by atoms with Crippen LogP contribution in [0.25, 0.3) is 0 Å². The van der Waals surface area contributed by atoms with E-state index < -0.39 is 0 Å². The maximum atomic E-state index is 10.6. The number of ketones is 1. The van der Waals surface area contributed by atoms with E-state index >= 15 is 0 Å². The molecule has 2 N–H and O–H groups in total. The number of Topliss-reactive ketones (excluding diaryl/α,β-unsaturated/α-hetero) is 1. The third-order valence-electron chi connectivity index (χ3n) is 1.51. The van der Waals surface area contributed by atoms with Crippen molar-refractivity contribution in [1.82, 2.24) is 0 Å². The van der Waals surface area contributed by atoms with E-state index in [0.29, 0.717) is 6.42 Å². The summed E-state index contributed by atoms with van der Waals surface area (Å²) in [5.41, 5.74) is 5.94. The van der Waals surface area contributed by atoms with E-state index in [1.807, 2.05) is 6.92 Å². The Balaban J connectivity index is 4.15. The molecule has 0 fully saturated rings. The van der Waals surface area contributed by atoms with Crippen molar-refractivity contribution in [3.63, 3.8) is 0 Å². The van der Waals surface area contributed by atoms with Crippen molar-refractivity contribution in [2.24, 2.45) is 11.7 Å². The summed E-state index contributed by atoms with van der Waals surface area (Å²) in [6.07, 6.45) is 2.13. The van der Waals surface area contributed by atoms with Crippen LogP contribution in [0, 0.1) is 5.92 Å². The van der Waals surface area contributed by atoms with Crippen molar-refractivity contribution in [3.8, 4) is 0 Å². The second kappa shape index (κ2) is 4.70. The van der Waals surface area contributed by atoms with Crippen molar-refractivity contribution < 1.29 is 9.59 Å². The van der Waals surface area contributed by atoms with Gasteiger partial charge in [0.15, 0.2) is 0 Å². The van der Waals surface area contributed by atoms with Gasteiger partial charge in [-0.3, -0.25) is 9.59 Å². The first-order valence-electron chi connectivity index (χ1n) is 3.89. The summed E-state index contributed by atoms with van der Waals surface area (Å²) in [6.45, 7) is 5.05. The average Bonchev–Trinajstić information content (AvgIpc) is 1.84. The van der Waals surface area contributed by atoms with Gasteiger partial charge in [-0.2, -0.15) is 0 Å². The lowest BCUT2D eigenvalue weighted by molar-refractivity contribution is -0.120. The monoisotopic (exact) mass is 169 g/mol. The van der Waals surface area contributed by atoms with Crippen LogP contribution in [0.4, 0.5) is 0 Å². The smallest absolute Gasteiger partial charge is 0.224 e. The highest BCUT2D eigenvalue weighted by atomic mass is 16.1. The van der Waals surface area contributed by atoms with Crippen molar-refractivity contribution >= 4 is 11.7 Å². The van der Waals surface area contributed by atoms with Crippen molar-refractivity contribution in [3.05, 3.63) is 11.6 Å². The molecule has 0 aromatic heterocycles. The second-order valence-electron chi connectivity index (χ2n) is 3.08. The minimum absolute atomic E-state index is 0.0976. The Morgan fingerprint density at radius 3 is 2.25 bits per heavy atom. The summed E-state index contributed by atoms with van der Waals surface area (Å²) >= 11 is 0. The first kappa shape index (κ1) is 10.9. The molecule has 68 valence electrons. The molecule has 3 heteroatoms. The first-order chi connectivity index (χ1) is 5.43. The van der Waals surface area contributed by atoms with E-state index in [1.54, 1.807) is 13.0 Å². The molecule has 3 nitrogen and oxygen atoms in total. The largest absolute Gasteiger partial charge is 0.369 e. The molecule has 1 atom stereocenters. The van der Waals surface area contributed by atoms with Crippen LogP contribution < -0.4 is 5.73 Å². The Morgan fingerprint density at radius 2 is 1.92 bits per heavy atom. The summed E-state index contributed by atoms with van der Waals surface area (Å²) in [4.78, 5) is 21.3. The molecule has 0 bridgehead atoms. The lowest BCUT2D eigenvalue weighted by atomic mass is 10.0. The van der Waals surface area contributed by atoms with Crippen LogP contribution in [0.1, 0.15) is 27.2 Å². The normalized spacial score (nSPS) is 14.1. The fourth-order valence-corrected chi connectivity index (χ4v) is 0.961. The van der Waals surface area contributed by atoms with Gasteiger partial charge in [-0.15, -0.1) is 0 Å². The van der Waals surface area contributed by atoms with Gasteiger partial charge in [0.1, 0.15) is 5.78 Å². The zero-order chi connectivity index (χ0) is 9.72. The van der Waals surface area contributed by atoms with Crippen LogP contribution in [0.15, 0.2) is 11.6 Å². The van der Waals surface area contributed by atoms with Crippen LogP contribution in [0.3, 0.4) is 0 Å². The van der Waals surface area contributed by atoms with Crippen molar-refractivity contribution in [2.45, 2.75) is 27.2 Å². The lowest BCUT2D eigenvalue weighted by Crippen LogP contribution is -2.19. The highest BCUT2D eigenvalue weighted by Gasteiger charge is 2.05. The number of hydrogen-bond donors (Lipinski definition) is 1. The zero-order valence-electron chi connectivity index (χ0n) is 7.76. The number of amides is 1. The van der Waals surface area contributed by atoms with Gasteiger partial charge < -0.3 is 5.73 Å². The minimum atomic E-state index is -0.363. The lowest BCUT2D eigenvalue weighted by Gasteiger charge is -2.02. The molecule has 1 unspecified atom stereocenters. The van der Waals surface area contributed by atoms with E-state index in [0.717, 1.165) is 5.57 Å². The minimum Gasteiger partial charge on any atom is -0.369 e. The molecule has 0 aliphatic carbocycles. The predicted octanol–water partition coefficient (Wildman–Crippen LogP) is 1.03. The van der Waals surface area contributed by atoms with Crippen LogP contribution in [0.5, 0.6) is 0 Å². The zero-order valence-corrected chi connectivity index (χ0v) is 7.76. The molecule has 0 saturated heterocycles. The summed E-state index contributed by atoms with van der Waals surface area (Å²) in [6, 6.07) is 0. The highest BCUT2D eigenvalue weighted by molar-refractivity contribution is 5.80. The molecule has 0 aromatic carbocycles. The number of nitrogens with two attached hydrogens (primary N) is 1. The molecule has 0 aliphatic rings. The molecule has 0 spiro atoms. The number of carbonyl (C=O) groups is 2. The topological polar surface area (TPSA) is 60.2 Å². The van der Waals surface area contributed by atoms with E-state index in [4.69, 9.17) is 5.73 Å². The van der Waals surface area contributed by atoms with Crippen LogP contribution in [-0.4, -0.2) is 11.7 Å². The van der Waals surface area contributed by atoms with Gasteiger partial charge in [0.2, 0.25) is 5.91 Å². The first-order valence-corrected chi connectivity index (χ1v) is 3.89. The van der Waals surface area contributed by atoms with Gasteiger partial charge in [0.25, 0.3) is 0 Å². The van der Waals surface area contributed by atoms with Crippen LogP contribution in [0.2, 0.25) is 0 Å². The maximum absolute atomic E-state index is 10.6. The molecule has 0 rings (SSSR count). The molecule has 0 heterocycles. The summed E-state index contributed by atoms with van der Waals surface area (Å²) < 4.78 is 0. The Morgan fingerprint density at radius 1 is 1.42 bits per heavy atom. The predicted molar refractivity (Wildman–Crippen MR) is 47.4 cm³/mol. The van der Waals surface area contributed by atoms with E-state index in [9.17, 15) is 9.59 Å². The molecular weight excluding hydrogens is 154 g/mol. The van der Waals surface area contributed by atoms with Crippen molar-refractivity contribution in [1.29, 1.82) is 0 Å². The molecule has 1 amide bonds. The Hall–Kier alpha value is -1.12. The summed E-state index contributed by atoms with van der Waals surface area (Å²) in [5.74, 6) is -0.553. The van der Waals surface area contributed by atoms with E-state index in [-0.39, 0.29) is 17.6 Å². The maximum Gasteiger partial charge on any atom is 0.224 e. The third-order valence-corrected chi connectivity index (χ3v) is 1.51.